The summed E-state index contributed by atoms with van der Waals surface area (Å²) in [5, 5.41) is 15.1. The van der Waals surface area contributed by atoms with Crippen molar-refractivity contribution in [3.63, 3.8) is 0 Å². The number of halogens is 2. The number of anilines is 3. The summed E-state index contributed by atoms with van der Waals surface area (Å²) in [7, 11) is 0. The van der Waals surface area contributed by atoms with Crippen LogP contribution in [0, 0.1) is 0 Å². The average Bonchev–Trinajstić information content (AvgIpc) is 3.53. The lowest BCUT2D eigenvalue weighted by atomic mass is 10.1. The van der Waals surface area contributed by atoms with Gasteiger partial charge in [0.25, 0.3) is 5.91 Å². The molecule has 0 bridgehead atoms. The first-order chi connectivity index (χ1) is 17.9. The van der Waals surface area contributed by atoms with E-state index in [4.69, 9.17) is 0 Å². The Morgan fingerprint density at radius 3 is 1.41 bits per heavy atom. The molecule has 5 rings (SSSR count). The number of nitrogens with one attached hydrogen (secondary N) is 5. The van der Waals surface area contributed by atoms with Gasteiger partial charge in [0.2, 0.25) is 0 Å². The second kappa shape index (κ2) is 13.1. The van der Waals surface area contributed by atoms with E-state index >= 15 is 0 Å². The molecule has 39 heavy (non-hydrogen) atoms. The number of hydrogen-bond acceptors (Lipinski definition) is 6. The first kappa shape index (κ1) is 29.5. The van der Waals surface area contributed by atoms with E-state index in [1.165, 1.54) is 0 Å². The van der Waals surface area contributed by atoms with Gasteiger partial charge in [0.05, 0.1) is 13.1 Å². The summed E-state index contributed by atoms with van der Waals surface area (Å²) in [4.78, 5) is 34.0. The van der Waals surface area contributed by atoms with Crippen molar-refractivity contribution in [2.75, 3.05) is 29.0 Å². The molecule has 2 atom stereocenters. The molecule has 0 fully saturated rings. The largest absolute Gasteiger partial charge is 0.366 e. The number of amidine groups is 2. The molecular weight excluding hydrogens is 537 g/mol. The van der Waals surface area contributed by atoms with Crippen LogP contribution in [-0.4, -0.2) is 48.8 Å². The lowest BCUT2D eigenvalue weighted by Crippen LogP contribution is -2.27. The molecule has 9 nitrogen and oxygen atoms in total. The molecule has 3 aromatic carbocycles. The minimum absolute atomic E-state index is 0. The lowest BCUT2D eigenvalue weighted by molar-refractivity contribution is 0.102. The Labute approximate surface area is 239 Å². The van der Waals surface area contributed by atoms with E-state index in [1.807, 2.05) is 48.5 Å². The molecule has 0 radical (unpaired) electrons. The van der Waals surface area contributed by atoms with Crippen LogP contribution in [-0.2, 0) is 0 Å². The fraction of sp³-hybridized carbons (Fsp3) is 0.214. The van der Waals surface area contributed by atoms with E-state index in [0.717, 1.165) is 35.9 Å². The molecule has 3 aromatic rings. The number of carbonyl (C=O) groups excluding carboxylic acids is 2. The third-order valence-corrected chi connectivity index (χ3v) is 6.05. The first-order valence-corrected chi connectivity index (χ1v) is 12.3. The molecule has 11 heteroatoms. The standard InChI is InChI=1S/C28H29N7O2.2ClH/c1-17-15-29-25(31-17)19-3-9-22(10-4-19)33-27(36)21-7-13-24(14-8-21)35-28(37)34-23-11-5-20(6-12-23)26-30-16-18(2)32-26;;/h3-14,17-18H,15-16H2,1-2H3,(H,29,31)(H,30,32)(H,33,36)(H2,34,35,37);2*1H. The van der Waals surface area contributed by atoms with Crippen molar-refractivity contribution in [2.24, 2.45) is 9.98 Å². The molecule has 204 valence electrons. The van der Waals surface area contributed by atoms with Crippen LogP contribution >= 0.6 is 24.8 Å². The van der Waals surface area contributed by atoms with Crippen LogP contribution in [0.3, 0.4) is 0 Å². The van der Waals surface area contributed by atoms with Gasteiger partial charge in [-0.1, -0.05) is 0 Å². The molecule has 3 amide bonds. The van der Waals surface area contributed by atoms with Gasteiger partial charge >= 0.3 is 6.03 Å². The summed E-state index contributed by atoms with van der Waals surface area (Å²) < 4.78 is 0. The van der Waals surface area contributed by atoms with Gasteiger partial charge in [-0.05, 0) is 86.6 Å². The molecule has 0 spiro atoms. The predicted octanol–water partition coefficient (Wildman–Crippen LogP) is 4.90. The van der Waals surface area contributed by atoms with E-state index in [9.17, 15) is 9.59 Å². The minimum atomic E-state index is -0.370. The summed E-state index contributed by atoms with van der Waals surface area (Å²) in [5.74, 6) is 1.51. The van der Waals surface area contributed by atoms with Gasteiger partial charge in [-0.15, -0.1) is 24.8 Å². The summed E-state index contributed by atoms with van der Waals surface area (Å²) in [6.45, 7) is 5.70. The van der Waals surface area contributed by atoms with Gasteiger partial charge in [0.1, 0.15) is 11.7 Å². The summed E-state index contributed by atoms with van der Waals surface area (Å²) in [6.07, 6.45) is 0. The van der Waals surface area contributed by atoms with Crippen LogP contribution in [0.2, 0.25) is 0 Å². The number of amides is 3. The van der Waals surface area contributed by atoms with Gasteiger partial charge in [-0.25, -0.2) is 4.79 Å². The number of benzene rings is 3. The van der Waals surface area contributed by atoms with Gasteiger partial charge in [-0.2, -0.15) is 0 Å². The van der Waals surface area contributed by atoms with Crippen LogP contribution in [0.1, 0.15) is 35.3 Å². The van der Waals surface area contributed by atoms with Crippen LogP contribution < -0.4 is 26.6 Å². The highest BCUT2D eigenvalue weighted by atomic mass is 35.5. The van der Waals surface area contributed by atoms with Crippen molar-refractivity contribution in [1.29, 1.82) is 0 Å². The Morgan fingerprint density at radius 1 is 0.641 bits per heavy atom. The monoisotopic (exact) mass is 567 g/mol. The van der Waals surface area contributed by atoms with Crippen molar-refractivity contribution in [3.05, 3.63) is 89.5 Å². The minimum Gasteiger partial charge on any atom is -0.366 e. The summed E-state index contributed by atoms with van der Waals surface area (Å²) in [5.41, 5.74) is 4.39. The molecular formula is C28H31Cl2N7O2. The highest BCUT2D eigenvalue weighted by molar-refractivity contribution is 6.06. The van der Waals surface area contributed by atoms with Crippen molar-refractivity contribution >= 4 is 65.5 Å². The predicted molar refractivity (Wildman–Crippen MR) is 162 cm³/mol. The van der Waals surface area contributed by atoms with Crippen molar-refractivity contribution < 1.29 is 9.59 Å². The molecule has 5 N–H and O–H groups in total. The molecule has 0 aromatic heterocycles. The number of hydrogen-bond donors (Lipinski definition) is 5. The third-order valence-electron chi connectivity index (χ3n) is 6.05. The fourth-order valence-corrected chi connectivity index (χ4v) is 4.08. The van der Waals surface area contributed by atoms with E-state index in [1.54, 1.807) is 24.3 Å². The molecule has 0 saturated heterocycles. The third kappa shape index (κ3) is 7.49. The van der Waals surface area contributed by atoms with Crippen molar-refractivity contribution in [1.82, 2.24) is 10.6 Å². The van der Waals surface area contributed by atoms with Gasteiger partial charge < -0.3 is 26.6 Å². The molecule has 0 aliphatic carbocycles. The molecule has 2 heterocycles. The van der Waals surface area contributed by atoms with E-state index < -0.39 is 0 Å². The zero-order chi connectivity index (χ0) is 25.8. The van der Waals surface area contributed by atoms with Crippen LogP contribution in [0.25, 0.3) is 0 Å². The van der Waals surface area contributed by atoms with E-state index in [0.29, 0.717) is 34.7 Å². The topological polar surface area (TPSA) is 119 Å². The maximum Gasteiger partial charge on any atom is 0.323 e. The van der Waals surface area contributed by atoms with Gasteiger partial charge in [-0.3, -0.25) is 14.8 Å². The second-order valence-corrected chi connectivity index (χ2v) is 9.23. The molecule has 2 aliphatic heterocycles. The molecule has 0 saturated carbocycles. The molecule has 2 unspecified atom stereocenters. The maximum absolute atomic E-state index is 12.7. The van der Waals surface area contributed by atoms with Gasteiger partial charge in [0, 0.05) is 45.8 Å². The lowest BCUT2D eigenvalue weighted by Gasteiger charge is -2.10. The van der Waals surface area contributed by atoms with Crippen LogP contribution in [0.4, 0.5) is 21.9 Å². The zero-order valence-electron chi connectivity index (χ0n) is 21.5. The normalized spacial score (nSPS) is 17.3. The quantitative estimate of drug-likeness (QED) is 0.291. The van der Waals surface area contributed by atoms with Crippen molar-refractivity contribution in [3.8, 4) is 0 Å². The molecule has 2 aliphatic rings. The first-order valence-electron chi connectivity index (χ1n) is 12.3. The van der Waals surface area contributed by atoms with Gasteiger partial charge in [0.15, 0.2) is 0 Å². The highest BCUT2D eigenvalue weighted by Gasteiger charge is 2.15. The number of aliphatic imine (C=N–C) groups is 2. The SMILES string of the molecule is CC1CN=C(c2ccc(NC(=O)Nc3ccc(C(=O)Nc4ccc(C5=NCC(C)N5)cc4)cc3)cc2)N1.Cl.Cl. The number of rotatable bonds is 6. The summed E-state index contributed by atoms with van der Waals surface area (Å²) in [6, 6.07) is 22.1. The number of nitrogens with zero attached hydrogens (tertiary/aromatic N) is 2. The Balaban J connectivity index is 0.00000210. The maximum atomic E-state index is 12.7. The van der Waals surface area contributed by atoms with Crippen molar-refractivity contribution in [2.45, 2.75) is 25.9 Å². The summed E-state index contributed by atoms with van der Waals surface area (Å²) >= 11 is 0. The number of carbonyl (C=O) groups is 2. The van der Waals surface area contributed by atoms with E-state index in [-0.39, 0.29) is 36.8 Å². The Morgan fingerprint density at radius 2 is 1.03 bits per heavy atom. The number of urea groups is 1. The van der Waals surface area contributed by atoms with E-state index in [2.05, 4.69) is 50.4 Å². The zero-order valence-corrected chi connectivity index (χ0v) is 23.2. The fourth-order valence-electron chi connectivity index (χ4n) is 4.08. The highest BCUT2D eigenvalue weighted by Crippen LogP contribution is 2.16. The van der Waals surface area contributed by atoms with Crippen LogP contribution in [0.15, 0.2) is 82.8 Å². The Hall–Kier alpha value is -4.08. The smallest absolute Gasteiger partial charge is 0.323 e. The average molecular weight is 569 g/mol. The van der Waals surface area contributed by atoms with Crippen LogP contribution in [0.5, 0.6) is 0 Å². The Kier molecular flexibility index (Phi) is 9.92. The Bertz CT molecular complexity index is 1360. The second-order valence-electron chi connectivity index (χ2n) is 9.23.